The van der Waals surface area contributed by atoms with Crippen molar-refractivity contribution in [3.8, 4) is 0 Å². The number of rotatable bonds is 4. The summed E-state index contributed by atoms with van der Waals surface area (Å²) in [5, 5.41) is 0. The van der Waals surface area contributed by atoms with Crippen molar-refractivity contribution in [3.05, 3.63) is 34.9 Å². The Morgan fingerprint density at radius 3 is 2.65 bits per heavy atom. The van der Waals surface area contributed by atoms with Crippen molar-refractivity contribution >= 4 is 5.91 Å². The predicted octanol–water partition coefficient (Wildman–Crippen LogP) is 1.65. The molecule has 94 valence electrons. The van der Waals surface area contributed by atoms with Gasteiger partial charge in [-0.05, 0) is 31.9 Å². The van der Waals surface area contributed by atoms with Gasteiger partial charge in [-0.1, -0.05) is 23.8 Å². The van der Waals surface area contributed by atoms with Gasteiger partial charge in [0.25, 0.3) is 0 Å². The molecule has 3 heteroatoms. The second-order valence-corrected chi connectivity index (χ2v) is 4.86. The molecular formula is C14H22N2O. The van der Waals surface area contributed by atoms with Gasteiger partial charge in [-0.2, -0.15) is 0 Å². The quantitative estimate of drug-likeness (QED) is 0.861. The van der Waals surface area contributed by atoms with Crippen LogP contribution in [0.4, 0.5) is 0 Å². The highest BCUT2D eigenvalue weighted by atomic mass is 16.2. The zero-order valence-electron chi connectivity index (χ0n) is 11.2. The Morgan fingerprint density at radius 1 is 1.41 bits per heavy atom. The van der Waals surface area contributed by atoms with Gasteiger partial charge in [0.05, 0.1) is 6.42 Å². The van der Waals surface area contributed by atoms with Crippen molar-refractivity contribution in [1.29, 1.82) is 0 Å². The molecule has 1 atom stereocenters. The number of amides is 1. The SMILES string of the molecule is Cc1ccc(C)c(CC(=O)N(C)CC(C)N)c1. The van der Waals surface area contributed by atoms with Crippen molar-refractivity contribution < 1.29 is 4.79 Å². The molecule has 17 heavy (non-hydrogen) atoms. The van der Waals surface area contributed by atoms with E-state index in [1.54, 1.807) is 11.9 Å². The van der Waals surface area contributed by atoms with Crippen LogP contribution < -0.4 is 5.73 Å². The first-order chi connectivity index (χ1) is 7.90. The number of likely N-dealkylation sites (N-methyl/N-ethyl adjacent to an activating group) is 1. The zero-order chi connectivity index (χ0) is 13.0. The van der Waals surface area contributed by atoms with E-state index in [1.807, 2.05) is 20.8 Å². The summed E-state index contributed by atoms with van der Waals surface area (Å²) < 4.78 is 0. The molecule has 0 bridgehead atoms. The molecule has 1 aromatic rings. The van der Waals surface area contributed by atoms with Crippen molar-refractivity contribution in [2.24, 2.45) is 5.73 Å². The van der Waals surface area contributed by atoms with E-state index < -0.39 is 0 Å². The summed E-state index contributed by atoms with van der Waals surface area (Å²) in [6, 6.07) is 6.22. The Labute approximate surface area is 104 Å². The van der Waals surface area contributed by atoms with Crippen LogP contribution in [0.15, 0.2) is 18.2 Å². The average molecular weight is 234 g/mol. The first kappa shape index (κ1) is 13.7. The largest absolute Gasteiger partial charge is 0.344 e. The molecule has 1 unspecified atom stereocenters. The molecular weight excluding hydrogens is 212 g/mol. The van der Waals surface area contributed by atoms with Gasteiger partial charge in [0.1, 0.15) is 0 Å². The minimum Gasteiger partial charge on any atom is -0.344 e. The minimum atomic E-state index is 0.0163. The Kier molecular flexibility index (Phi) is 4.70. The number of aryl methyl sites for hydroxylation is 2. The van der Waals surface area contributed by atoms with Gasteiger partial charge in [-0.3, -0.25) is 4.79 Å². The number of nitrogens with two attached hydrogens (primary N) is 1. The fourth-order valence-electron chi connectivity index (χ4n) is 1.82. The topological polar surface area (TPSA) is 46.3 Å². The normalized spacial score (nSPS) is 12.3. The maximum absolute atomic E-state index is 12.0. The lowest BCUT2D eigenvalue weighted by Gasteiger charge is -2.20. The molecule has 0 aliphatic rings. The third-order valence-corrected chi connectivity index (χ3v) is 2.83. The van der Waals surface area contributed by atoms with Gasteiger partial charge in [0.2, 0.25) is 5.91 Å². The molecule has 0 radical (unpaired) electrons. The van der Waals surface area contributed by atoms with Gasteiger partial charge in [-0.15, -0.1) is 0 Å². The monoisotopic (exact) mass is 234 g/mol. The van der Waals surface area contributed by atoms with E-state index in [0.29, 0.717) is 13.0 Å². The Morgan fingerprint density at radius 2 is 2.06 bits per heavy atom. The number of carbonyl (C=O) groups excluding carboxylic acids is 1. The number of carbonyl (C=O) groups is 1. The Hall–Kier alpha value is -1.35. The summed E-state index contributed by atoms with van der Waals surface area (Å²) in [6.07, 6.45) is 0.455. The molecule has 3 nitrogen and oxygen atoms in total. The summed E-state index contributed by atoms with van der Waals surface area (Å²) in [5.41, 5.74) is 9.14. The fourth-order valence-corrected chi connectivity index (χ4v) is 1.82. The predicted molar refractivity (Wildman–Crippen MR) is 70.9 cm³/mol. The van der Waals surface area contributed by atoms with Crippen molar-refractivity contribution in [2.45, 2.75) is 33.2 Å². The number of hydrogen-bond donors (Lipinski definition) is 1. The number of hydrogen-bond acceptors (Lipinski definition) is 2. The van der Waals surface area contributed by atoms with Crippen LogP contribution >= 0.6 is 0 Å². The van der Waals surface area contributed by atoms with E-state index in [4.69, 9.17) is 5.73 Å². The van der Waals surface area contributed by atoms with Crippen LogP contribution in [0.25, 0.3) is 0 Å². The smallest absolute Gasteiger partial charge is 0.226 e. The third kappa shape index (κ3) is 4.19. The number of nitrogens with zero attached hydrogens (tertiary/aromatic N) is 1. The van der Waals surface area contributed by atoms with Crippen LogP contribution in [0.2, 0.25) is 0 Å². The van der Waals surface area contributed by atoms with E-state index >= 15 is 0 Å². The van der Waals surface area contributed by atoms with Gasteiger partial charge >= 0.3 is 0 Å². The molecule has 2 N–H and O–H groups in total. The molecule has 1 amide bonds. The molecule has 0 heterocycles. The van der Waals surface area contributed by atoms with Gasteiger partial charge in [-0.25, -0.2) is 0 Å². The molecule has 0 aromatic heterocycles. The first-order valence-corrected chi connectivity index (χ1v) is 5.96. The highest BCUT2D eigenvalue weighted by Gasteiger charge is 2.12. The van der Waals surface area contributed by atoms with Crippen LogP contribution in [0.1, 0.15) is 23.6 Å². The number of benzene rings is 1. The van der Waals surface area contributed by atoms with Crippen LogP contribution in [-0.2, 0) is 11.2 Å². The van der Waals surface area contributed by atoms with E-state index in [1.165, 1.54) is 5.56 Å². The van der Waals surface area contributed by atoms with Crippen molar-refractivity contribution in [2.75, 3.05) is 13.6 Å². The molecule has 0 aliphatic heterocycles. The standard InChI is InChI=1S/C14H22N2O/c1-10-5-6-11(2)13(7-10)8-14(17)16(4)9-12(3)15/h5-7,12H,8-9,15H2,1-4H3. The summed E-state index contributed by atoms with van der Waals surface area (Å²) >= 11 is 0. The summed E-state index contributed by atoms with van der Waals surface area (Å²) in [5.74, 6) is 0.121. The first-order valence-electron chi connectivity index (χ1n) is 5.96. The summed E-state index contributed by atoms with van der Waals surface area (Å²) in [7, 11) is 1.80. The van der Waals surface area contributed by atoms with Crippen molar-refractivity contribution in [3.63, 3.8) is 0 Å². The van der Waals surface area contributed by atoms with Gasteiger partial charge in [0, 0.05) is 19.6 Å². The minimum absolute atomic E-state index is 0.0163. The molecule has 0 aliphatic carbocycles. The van der Waals surface area contributed by atoms with Gasteiger partial charge in [0.15, 0.2) is 0 Å². The van der Waals surface area contributed by atoms with Crippen LogP contribution in [0.3, 0.4) is 0 Å². The molecule has 0 spiro atoms. The highest BCUT2D eigenvalue weighted by molar-refractivity contribution is 5.79. The highest BCUT2D eigenvalue weighted by Crippen LogP contribution is 2.12. The molecule has 0 saturated carbocycles. The second-order valence-electron chi connectivity index (χ2n) is 4.86. The van der Waals surface area contributed by atoms with Crippen LogP contribution in [-0.4, -0.2) is 30.4 Å². The lowest BCUT2D eigenvalue weighted by molar-refractivity contribution is -0.129. The van der Waals surface area contributed by atoms with Gasteiger partial charge < -0.3 is 10.6 Å². The van der Waals surface area contributed by atoms with Crippen LogP contribution in [0, 0.1) is 13.8 Å². The molecule has 1 aromatic carbocycles. The second kappa shape index (κ2) is 5.82. The molecule has 1 rings (SSSR count). The van der Waals surface area contributed by atoms with E-state index in [2.05, 4.69) is 18.2 Å². The average Bonchev–Trinajstić information content (AvgIpc) is 2.22. The summed E-state index contributed by atoms with van der Waals surface area (Å²) in [4.78, 5) is 13.7. The van der Waals surface area contributed by atoms with E-state index in [0.717, 1.165) is 11.1 Å². The molecule has 0 saturated heterocycles. The Balaban J connectivity index is 2.70. The zero-order valence-corrected chi connectivity index (χ0v) is 11.2. The Bertz CT molecular complexity index is 399. The lowest BCUT2D eigenvalue weighted by atomic mass is 10.0. The van der Waals surface area contributed by atoms with Crippen LogP contribution in [0.5, 0.6) is 0 Å². The van der Waals surface area contributed by atoms with E-state index in [-0.39, 0.29) is 11.9 Å². The van der Waals surface area contributed by atoms with E-state index in [9.17, 15) is 4.79 Å². The third-order valence-electron chi connectivity index (χ3n) is 2.83. The van der Waals surface area contributed by atoms with Crippen molar-refractivity contribution in [1.82, 2.24) is 4.90 Å². The summed E-state index contributed by atoms with van der Waals surface area (Å²) in [6.45, 7) is 6.58. The lowest BCUT2D eigenvalue weighted by Crippen LogP contribution is -2.37. The fraction of sp³-hybridized carbons (Fsp3) is 0.500. The molecule has 0 fully saturated rings. The maximum Gasteiger partial charge on any atom is 0.226 e. The maximum atomic E-state index is 12.0.